The molecule has 0 bridgehead atoms. The molecule has 0 saturated carbocycles. The van der Waals surface area contributed by atoms with E-state index in [1.807, 2.05) is 0 Å². The minimum Gasteiger partial charge on any atom is -0.300 e. The molecule has 47 heavy (non-hydrogen) atoms. The zero-order chi connectivity index (χ0) is 33.7. The molecule has 2 unspecified atom stereocenters. The van der Waals surface area contributed by atoms with Crippen LogP contribution in [0.15, 0.2) is 78.9 Å². The van der Waals surface area contributed by atoms with E-state index in [9.17, 15) is 4.79 Å². The number of hydrogen-bond acceptors (Lipinski definition) is 1. The number of Topliss-reactive ketones (excluding diaryl/α,β-unsaturated/α-hetero) is 1. The summed E-state index contributed by atoms with van der Waals surface area (Å²) in [6, 6.07) is 28.9. The van der Waals surface area contributed by atoms with Gasteiger partial charge in [-0.2, -0.15) is 0 Å². The van der Waals surface area contributed by atoms with E-state index in [0.717, 1.165) is 0 Å². The Labute approximate surface area is 284 Å². The molecule has 240 valence electrons. The largest absolute Gasteiger partial charge is 0.300 e. The van der Waals surface area contributed by atoms with Crippen LogP contribution in [0, 0.1) is 69.2 Å². The normalized spacial score (nSPS) is 18.1. The van der Waals surface area contributed by atoms with Gasteiger partial charge in [-0.05, 0) is 164 Å². The van der Waals surface area contributed by atoms with Crippen molar-refractivity contribution in [3.8, 4) is 22.3 Å². The average Bonchev–Trinajstić information content (AvgIpc) is 3.09. The molecule has 1 saturated heterocycles. The van der Waals surface area contributed by atoms with Gasteiger partial charge in [0.15, 0.2) is 0 Å². The lowest BCUT2D eigenvalue weighted by atomic mass is 9.83. The standard InChI is InChI=1S/C45H49OP/c1-26-28(3)32(7)43(33(8)29(26)4)39-22-17-23-40(44-34(9)30(5)27(2)31(6)35(44)10)45(39)47-41(36-18-13-11-14-19-36)24-38(46)25-42(47)37-20-15-12-16-21-37/h11-23,41-42H,24-25H2,1-10H3. The van der Waals surface area contributed by atoms with Gasteiger partial charge in [-0.1, -0.05) is 86.8 Å². The lowest BCUT2D eigenvalue weighted by molar-refractivity contribution is -0.119. The van der Waals surface area contributed by atoms with Gasteiger partial charge in [0.05, 0.1) is 0 Å². The number of hydrogen-bond donors (Lipinski definition) is 0. The van der Waals surface area contributed by atoms with Crippen LogP contribution < -0.4 is 5.30 Å². The summed E-state index contributed by atoms with van der Waals surface area (Å²) in [6.07, 6.45) is 1.17. The summed E-state index contributed by atoms with van der Waals surface area (Å²) in [4.78, 5) is 13.8. The van der Waals surface area contributed by atoms with E-state index in [1.165, 1.54) is 94.3 Å². The molecule has 5 aromatic rings. The zero-order valence-electron chi connectivity index (χ0n) is 29.9. The molecular formula is C45H49OP. The summed E-state index contributed by atoms with van der Waals surface area (Å²) in [5.74, 6) is 0.370. The first-order valence-corrected chi connectivity index (χ1v) is 18.6. The fourth-order valence-corrected chi connectivity index (χ4v) is 12.0. The summed E-state index contributed by atoms with van der Waals surface area (Å²) >= 11 is 0. The zero-order valence-corrected chi connectivity index (χ0v) is 30.8. The molecule has 0 amide bonds. The SMILES string of the molecule is Cc1c(C)c(C)c(-c2cccc(-c3c(C)c(C)c(C)c(C)c3C)c2P2C(c3ccccc3)CC(=O)CC2c2ccccc2)c(C)c1C. The Bertz CT molecular complexity index is 1800. The summed E-state index contributed by atoms with van der Waals surface area (Å²) < 4.78 is 0. The molecule has 5 aromatic carbocycles. The molecule has 0 radical (unpaired) electrons. The quantitative estimate of drug-likeness (QED) is 0.175. The molecule has 1 aliphatic rings. The molecule has 0 N–H and O–H groups in total. The first-order chi connectivity index (χ1) is 22.4. The van der Waals surface area contributed by atoms with Crippen molar-refractivity contribution in [2.75, 3.05) is 0 Å². The van der Waals surface area contributed by atoms with Crippen LogP contribution in [-0.2, 0) is 4.79 Å². The summed E-state index contributed by atoms with van der Waals surface area (Å²) in [7, 11) is -0.886. The topological polar surface area (TPSA) is 17.1 Å². The summed E-state index contributed by atoms with van der Waals surface area (Å²) in [5, 5.41) is 1.46. The van der Waals surface area contributed by atoms with Crippen molar-refractivity contribution < 1.29 is 4.79 Å². The lowest BCUT2D eigenvalue weighted by Crippen LogP contribution is -2.26. The third-order valence-corrected chi connectivity index (χ3v) is 15.0. The fourth-order valence-electron chi connectivity index (χ4n) is 8.18. The molecule has 0 aromatic heterocycles. The highest BCUT2D eigenvalue weighted by atomic mass is 31.1. The van der Waals surface area contributed by atoms with E-state index in [1.54, 1.807) is 0 Å². The van der Waals surface area contributed by atoms with E-state index in [4.69, 9.17) is 0 Å². The van der Waals surface area contributed by atoms with E-state index < -0.39 is 7.92 Å². The minimum absolute atomic E-state index is 0.124. The maximum absolute atomic E-state index is 13.8. The number of benzene rings is 5. The van der Waals surface area contributed by atoms with E-state index in [2.05, 4.69) is 148 Å². The molecule has 2 atom stereocenters. The number of ketones is 1. The van der Waals surface area contributed by atoms with Gasteiger partial charge >= 0.3 is 0 Å². The highest BCUT2D eigenvalue weighted by Gasteiger charge is 2.42. The molecule has 6 rings (SSSR count). The molecule has 1 aliphatic heterocycles. The van der Waals surface area contributed by atoms with Gasteiger partial charge in [-0.25, -0.2) is 0 Å². The maximum atomic E-state index is 13.8. The molecule has 0 spiro atoms. The van der Waals surface area contributed by atoms with Gasteiger partial charge in [0.1, 0.15) is 5.78 Å². The second-order valence-electron chi connectivity index (χ2n) is 13.9. The van der Waals surface area contributed by atoms with Crippen LogP contribution in [0.5, 0.6) is 0 Å². The fraction of sp³-hybridized carbons (Fsp3) is 0.311. The Kier molecular flexibility index (Phi) is 9.17. The Morgan fingerprint density at radius 3 is 1.09 bits per heavy atom. The van der Waals surface area contributed by atoms with Crippen LogP contribution >= 0.6 is 7.92 Å². The van der Waals surface area contributed by atoms with Gasteiger partial charge in [0, 0.05) is 24.2 Å². The van der Waals surface area contributed by atoms with Crippen molar-refractivity contribution in [2.45, 2.75) is 93.4 Å². The summed E-state index contributed by atoms with van der Waals surface area (Å²) in [5.41, 5.74) is 22.0. The van der Waals surface area contributed by atoms with E-state index in [-0.39, 0.29) is 11.3 Å². The second kappa shape index (κ2) is 13.0. The highest BCUT2D eigenvalue weighted by Crippen LogP contribution is 2.68. The Balaban J connectivity index is 1.81. The minimum atomic E-state index is -0.886. The molecule has 1 heterocycles. The van der Waals surface area contributed by atoms with Crippen LogP contribution in [0.2, 0.25) is 0 Å². The lowest BCUT2D eigenvalue weighted by Gasteiger charge is -2.41. The van der Waals surface area contributed by atoms with Crippen molar-refractivity contribution in [1.82, 2.24) is 0 Å². The molecule has 1 nitrogen and oxygen atoms in total. The first kappa shape index (κ1) is 33.1. The van der Waals surface area contributed by atoms with Crippen LogP contribution in [-0.4, -0.2) is 5.78 Å². The monoisotopic (exact) mass is 636 g/mol. The van der Waals surface area contributed by atoms with Crippen molar-refractivity contribution in [3.05, 3.63) is 146 Å². The van der Waals surface area contributed by atoms with E-state index >= 15 is 0 Å². The van der Waals surface area contributed by atoms with Gasteiger partial charge in [-0.15, -0.1) is 0 Å². The number of carbonyl (C=O) groups excluding carboxylic acids is 1. The second-order valence-corrected chi connectivity index (χ2v) is 16.4. The van der Waals surface area contributed by atoms with Crippen LogP contribution in [0.4, 0.5) is 0 Å². The predicted molar refractivity (Wildman–Crippen MR) is 204 cm³/mol. The first-order valence-electron chi connectivity index (χ1n) is 17.1. The summed E-state index contributed by atoms with van der Waals surface area (Å²) in [6.45, 7) is 23.0. The molecule has 1 fully saturated rings. The van der Waals surface area contributed by atoms with Gasteiger partial charge in [-0.3, -0.25) is 4.79 Å². The number of rotatable bonds is 5. The Morgan fingerprint density at radius 1 is 0.426 bits per heavy atom. The van der Waals surface area contributed by atoms with Crippen molar-refractivity contribution in [3.63, 3.8) is 0 Å². The average molecular weight is 637 g/mol. The third-order valence-electron chi connectivity index (χ3n) is 11.7. The van der Waals surface area contributed by atoms with Crippen LogP contribution in [0.3, 0.4) is 0 Å². The smallest absolute Gasteiger partial charge is 0.134 e. The van der Waals surface area contributed by atoms with Gasteiger partial charge in [0.2, 0.25) is 0 Å². The Hall–Kier alpha value is -3.80. The molecule has 2 heteroatoms. The third kappa shape index (κ3) is 5.62. The maximum Gasteiger partial charge on any atom is 0.134 e. The van der Waals surface area contributed by atoms with Crippen molar-refractivity contribution in [1.29, 1.82) is 0 Å². The Morgan fingerprint density at radius 2 is 0.745 bits per heavy atom. The molecular weight excluding hydrogens is 587 g/mol. The van der Waals surface area contributed by atoms with Crippen molar-refractivity contribution >= 4 is 19.0 Å². The van der Waals surface area contributed by atoms with E-state index in [0.29, 0.717) is 18.6 Å². The molecule has 0 aliphatic carbocycles. The highest BCUT2D eigenvalue weighted by molar-refractivity contribution is 7.67. The predicted octanol–water partition coefficient (Wildman–Crippen LogP) is 12.1. The number of carbonyl (C=O) groups is 1. The van der Waals surface area contributed by atoms with Crippen molar-refractivity contribution in [2.24, 2.45) is 0 Å². The van der Waals surface area contributed by atoms with Gasteiger partial charge < -0.3 is 0 Å². The van der Waals surface area contributed by atoms with Gasteiger partial charge in [0.25, 0.3) is 0 Å². The van der Waals surface area contributed by atoms with Crippen LogP contribution in [0.25, 0.3) is 22.3 Å². The van der Waals surface area contributed by atoms with Crippen LogP contribution in [0.1, 0.15) is 90.9 Å².